The minimum absolute atomic E-state index is 0.0372. The maximum Gasteiger partial charge on any atom is 0.202 e. The van der Waals surface area contributed by atoms with Crippen LogP contribution in [0.3, 0.4) is 0 Å². The predicted molar refractivity (Wildman–Crippen MR) is 86.1 cm³/mol. The number of aliphatic hydroxyl groups is 1. The molecule has 0 bridgehead atoms. The zero-order chi connectivity index (χ0) is 17.4. The van der Waals surface area contributed by atoms with Gasteiger partial charge in [0.2, 0.25) is 5.78 Å². The molecular weight excluding hydrogens is 312 g/mol. The van der Waals surface area contributed by atoms with Gasteiger partial charge >= 0.3 is 0 Å². The molecule has 2 aromatic rings. The number of Topliss-reactive ketones (excluding diaryl/α,β-unsaturated/α-hetero) is 1. The van der Waals surface area contributed by atoms with Crippen molar-refractivity contribution in [1.82, 2.24) is 0 Å². The number of methoxy groups -OCH3 is 2. The number of carbonyl (C=O) groups is 1. The van der Waals surface area contributed by atoms with Crippen LogP contribution in [0, 0.1) is 6.92 Å². The molecule has 0 spiro atoms. The van der Waals surface area contributed by atoms with Crippen molar-refractivity contribution in [3.8, 4) is 23.0 Å². The molecule has 1 heterocycles. The van der Waals surface area contributed by atoms with Gasteiger partial charge in [-0.2, -0.15) is 0 Å². The molecule has 0 radical (unpaired) electrons. The molecule has 0 amide bonds. The molecule has 2 aromatic carbocycles. The largest absolute Gasteiger partial charge is 0.507 e. The summed E-state index contributed by atoms with van der Waals surface area (Å²) in [6.45, 7) is 1.86. The summed E-state index contributed by atoms with van der Waals surface area (Å²) in [4.78, 5) is 12.5. The Morgan fingerprint density at radius 2 is 1.88 bits per heavy atom. The molecule has 24 heavy (non-hydrogen) atoms. The van der Waals surface area contributed by atoms with Gasteiger partial charge in [0.1, 0.15) is 28.6 Å². The van der Waals surface area contributed by atoms with Crippen LogP contribution >= 0.6 is 0 Å². The van der Waals surface area contributed by atoms with Crippen LogP contribution < -0.4 is 14.2 Å². The van der Waals surface area contributed by atoms with Gasteiger partial charge in [-0.3, -0.25) is 4.79 Å². The fraction of sp³-hybridized carbons (Fsp3) is 0.278. The molecule has 2 atom stereocenters. The lowest BCUT2D eigenvalue weighted by atomic mass is 9.92. The fourth-order valence-electron chi connectivity index (χ4n) is 2.85. The van der Waals surface area contributed by atoms with Gasteiger partial charge in [0.05, 0.1) is 14.2 Å². The number of aromatic hydroxyl groups is 1. The number of benzene rings is 2. The Morgan fingerprint density at radius 3 is 2.50 bits per heavy atom. The molecule has 6 nitrogen and oxygen atoms in total. The zero-order valence-corrected chi connectivity index (χ0v) is 13.6. The number of ketones is 1. The highest BCUT2D eigenvalue weighted by atomic mass is 16.5. The van der Waals surface area contributed by atoms with Gasteiger partial charge in [0.25, 0.3) is 0 Å². The quantitative estimate of drug-likeness (QED) is 0.899. The van der Waals surface area contributed by atoms with E-state index in [2.05, 4.69) is 0 Å². The first-order chi connectivity index (χ1) is 11.5. The van der Waals surface area contributed by atoms with E-state index in [0.717, 1.165) is 5.56 Å². The Hall–Kier alpha value is -2.73. The summed E-state index contributed by atoms with van der Waals surface area (Å²) in [5, 5.41) is 20.4. The molecule has 0 unspecified atom stereocenters. The first kappa shape index (κ1) is 16.1. The van der Waals surface area contributed by atoms with E-state index < -0.39 is 18.0 Å². The second-order valence-electron chi connectivity index (χ2n) is 5.60. The van der Waals surface area contributed by atoms with E-state index >= 15 is 0 Å². The maximum atomic E-state index is 12.5. The monoisotopic (exact) mass is 330 g/mol. The van der Waals surface area contributed by atoms with Crippen molar-refractivity contribution in [2.75, 3.05) is 14.2 Å². The van der Waals surface area contributed by atoms with Crippen molar-refractivity contribution in [2.45, 2.75) is 19.1 Å². The van der Waals surface area contributed by atoms with E-state index in [9.17, 15) is 15.0 Å². The molecule has 0 aromatic heterocycles. The number of hydrogen-bond acceptors (Lipinski definition) is 6. The average molecular weight is 330 g/mol. The number of aryl methyl sites for hydroxylation is 1. The summed E-state index contributed by atoms with van der Waals surface area (Å²) in [6, 6.07) is 8.11. The third-order valence-corrected chi connectivity index (χ3v) is 4.09. The summed E-state index contributed by atoms with van der Waals surface area (Å²) < 4.78 is 16.1. The molecule has 1 aliphatic heterocycles. The molecular formula is C18H18O6. The first-order valence-corrected chi connectivity index (χ1v) is 7.40. The molecule has 0 fully saturated rings. The van der Waals surface area contributed by atoms with Crippen LogP contribution in [0.4, 0.5) is 0 Å². The van der Waals surface area contributed by atoms with Gasteiger partial charge < -0.3 is 24.4 Å². The predicted octanol–water partition coefficient (Wildman–Crippen LogP) is 2.40. The van der Waals surface area contributed by atoms with E-state index in [1.54, 1.807) is 25.3 Å². The molecule has 0 aliphatic carbocycles. The smallest absolute Gasteiger partial charge is 0.202 e. The number of rotatable bonds is 3. The van der Waals surface area contributed by atoms with Crippen molar-refractivity contribution >= 4 is 5.78 Å². The van der Waals surface area contributed by atoms with Crippen molar-refractivity contribution in [1.29, 1.82) is 0 Å². The van der Waals surface area contributed by atoms with Crippen LogP contribution in [0.5, 0.6) is 23.0 Å². The third-order valence-electron chi connectivity index (χ3n) is 4.09. The van der Waals surface area contributed by atoms with Gasteiger partial charge in [0.15, 0.2) is 12.2 Å². The van der Waals surface area contributed by atoms with E-state index in [1.807, 2.05) is 6.92 Å². The lowest BCUT2D eigenvalue weighted by molar-refractivity contribution is 0.0210. The number of ether oxygens (including phenoxy) is 3. The Labute approximate surface area is 139 Å². The summed E-state index contributed by atoms with van der Waals surface area (Å²) in [5.74, 6) is 0.378. The summed E-state index contributed by atoms with van der Waals surface area (Å²) in [6.07, 6.45) is -2.29. The summed E-state index contributed by atoms with van der Waals surface area (Å²) in [7, 11) is 3.02. The minimum atomic E-state index is -1.41. The summed E-state index contributed by atoms with van der Waals surface area (Å²) in [5.41, 5.74) is 1.46. The van der Waals surface area contributed by atoms with Crippen molar-refractivity contribution in [3.63, 3.8) is 0 Å². The fourth-order valence-corrected chi connectivity index (χ4v) is 2.85. The lowest BCUT2D eigenvalue weighted by Gasteiger charge is -2.30. The number of phenols is 1. The number of carbonyl (C=O) groups excluding carboxylic acids is 1. The highest BCUT2D eigenvalue weighted by Gasteiger charge is 2.39. The van der Waals surface area contributed by atoms with Gasteiger partial charge in [0, 0.05) is 12.1 Å². The van der Waals surface area contributed by atoms with Crippen molar-refractivity contribution in [2.24, 2.45) is 0 Å². The molecule has 0 saturated heterocycles. The van der Waals surface area contributed by atoms with Gasteiger partial charge in [-0.05, 0) is 30.2 Å². The topological polar surface area (TPSA) is 85.2 Å². The molecule has 1 aliphatic rings. The minimum Gasteiger partial charge on any atom is -0.507 e. The van der Waals surface area contributed by atoms with Gasteiger partial charge in [-0.1, -0.05) is 6.07 Å². The Morgan fingerprint density at radius 1 is 1.12 bits per heavy atom. The maximum absolute atomic E-state index is 12.5. The highest BCUT2D eigenvalue weighted by molar-refractivity contribution is 6.05. The van der Waals surface area contributed by atoms with E-state index in [0.29, 0.717) is 17.1 Å². The average Bonchev–Trinajstić information content (AvgIpc) is 2.57. The molecule has 2 N–H and O–H groups in total. The SMILES string of the molecule is COc1cc(O)c2c(c1)O[C@@H](c1ccc(OC)c(C)c1)[C@H](O)C2=O. The van der Waals surface area contributed by atoms with Gasteiger partial charge in [-0.15, -0.1) is 0 Å². The molecule has 0 saturated carbocycles. The van der Waals surface area contributed by atoms with Crippen LogP contribution in [0.1, 0.15) is 27.6 Å². The number of aliphatic hydroxyl groups excluding tert-OH is 1. The van der Waals surface area contributed by atoms with Crippen LogP contribution in [-0.4, -0.2) is 36.3 Å². The number of phenolic OH excluding ortho intramolecular Hbond substituents is 1. The number of hydrogen-bond donors (Lipinski definition) is 2. The Balaban J connectivity index is 2.05. The number of fused-ring (bicyclic) bond motifs is 1. The van der Waals surface area contributed by atoms with E-state index in [-0.39, 0.29) is 17.1 Å². The second kappa shape index (κ2) is 6.05. The second-order valence-corrected chi connectivity index (χ2v) is 5.60. The molecule has 126 valence electrons. The van der Waals surface area contributed by atoms with Gasteiger partial charge in [-0.25, -0.2) is 0 Å². The third kappa shape index (κ3) is 2.55. The van der Waals surface area contributed by atoms with E-state index in [4.69, 9.17) is 14.2 Å². The van der Waals surface area contributed by atoms with Crippen LogP contribution in [0.2, 0.25) is 0 Å². The molecule has 6 heteroatoms. The normalized spacial score (nSPS) is 19.4. The van der Waals surface area contributed by atoms with Crippen LogP contribution in [-0.2, 0) is 0 Å². The Kier molecular flexibility index (Phi) is 4.07. The van der Waals surface area contributed by atoms with Crippen molar-refractivity contribution < 1.29 is 29.2 Å². The van der Waals surface area contributed by atoms with Crippen LogP contribution in [0.25, 0.3) is 0 Å². The standard InChI is InChI=1S/C18H18O6/c1-9-6-10(4-5-13(9)23-3)18-17(21)16(20)15-12(19)7-11(22-2)8-14(15)24-18/h4-8,17-19,21H,1-3H3/t17-,18+/m1/s1. The van der Waals surface area contributed by atoms with Crippen LogP contribution in [0.15, 0.2) is 30.3 Å². The highest BCUT2D eigenvalue weighted by Crippen LogP contribution is 2.42. The summed E-state index contributed by atoms with van der Waals surface area (Å²) >= 11 is 0. The first-order valence-electron chi connectivity index (χ1n) is 7.40. The molecule has 3 rings (SSSR count). The van der Waals surface area contributed by atoms with Crippen molar-refractivity contribution in [3.05, 3.63) is 47.0 Å². The lowest BCUT2D eigenvalue weighted by Crippen LogP contribution is -2.36. The Bertz CT molecular complexity index is 798. The zero-order valence-electron chi connectivity index (χ0n) is 13.6. The van der Waals surface area contributed by atoms with E-state index in [1.165, 1.54) is 19.2 Å².